The van der Waals surface area contributed by atoms with Crippen molar-refractivity contribution < 1.29 is 24.5 Å². The Morgan fingerprint density at radius 2 is 1.54 bits per heavy atom. The van der Waals surface area contributed by atoms with Crippen LogP contribution in [0.5, 0.6) is 0 Å². The fourth-order valence-corrected chi connectivity index (χ4v) is 2.46. The summed E-state index contributed by atoms with van der Waals surface area (Å²) in [7, 11) is 0. The Hall–Kier alpha value is -2.21. The minimum atomic E-state index is -0.898. The van der Waals surface area contributed by atoms with Gasteiger partial charge in [0, 0.05) is 12.3 Å². The van der Waals surface area contributed by atoms with E-state index in [-0.39, 0.29) is 32.2 Å². The summed E-state index contributed by atoms with van der Waals surface area (Å²) in [6.45, 7) is 0.149. The number of benzene rings is 2. The molecule has 0 heterocycles. The molecular weight excluding hydrogens is 332 g/mol. The number of aliphatic hydroxyl groups is 2. The fourth-order valence-electron chi connectivity index (χ4n) is 2.46. The van der Waals surface area contributed by atoms with E-state index in [4.69, 9.17) is 9.47 Å². The van der Waals surface area contributed by atoms with Crippen LogP contribution in [0.25, 0.3) is 0 Å². The van der Waals surface area contributed by atoms with Crippen LogP contribution in [0.2, 0.25) is 0 Å². The molecule has 0 aliphatic heterocycles. The number of aliphatic hydroxyl groups excluding tert-OH is 2. The average Bonchev–Trinajstić information content (AvgIpc) is 2.68. The summed E-state index contributed by atoms with van der Waals surface area (Å²) in [5.41, 5.74) is 2.07. The molecular formula is C21H26O5. The van der Waals surface area contributed by atoms with Crippen molar-refractivity contribution in [1.82, 2.24) is 0 Å². The van der Waals surface area contributed by atoms with Gasteiger partial charge < -0.3 is 19.7 Å². The Kier molecular flexibility index (Phi) is 8.83. The molecule has 0 bridgehead atoms. The van der Waals surface area contributed by atoms with Gasteiger partial charge in [-0.1, -0.05) is 60.7 Å². The third kappa shape index (κ3) is 7.35. The Balaban J connectivity index is 1.66. The molecule has 0 fully saturated rings. The van der Waals surface area contributed by atoms with Crippen LogP contribution in [0.1, 0.15) is 17.5 Å². The number of ether oxygens (including phenoxy) is 2. The summed E-state index contributed by atoms with van der Waals surface area (Å²) >= 11 is 0. The van der Waals surface area contributed by atoms with Gasteiger partial charge >= 0.3 is 5.97 Å². The van der Waals surface area contributed by atoms with Crippen LogP contribution >= 0.6 is 0 Å². The molecule has 140 valence electrons. The average molecular weight is 358 g/mol. The maximum absolute atomic E-state index is 11.8. The van der Waals surface area contributed by atoms with Gasteiger partial charge in [-0.05, 0) is 17.5 Å². The summed E-state index contributed by atoms with van der Waals surface area (Å²) in [6, 6.07) is 19.3. The molecule has 2 N–H and O–H groups in total. The van der Waals surface area contributed by atoms with Gasteiger partial charge in [-0.2, -0.15) is 0 Å². The predicted molar refractivity (Wildman–Crippen MR) is 98.4 cm³/mol. The minimum absolute atomic E-state index is 0.0278. The molecule has 5 heteroatoms. The van der Waals surface area contributed by atoms with Gasteiger partial charge in [-0.3, -0.25) is 4.79 Å². The maximum Gasteiger partial charge on any atom is 0.306 e. The molecule has 0 aromatic heterocycles. The van der Waals surface area contributed by atoms with E-state index in [1.54, 1.807) is 0 Å². The van der Waals surface area contributed by atoms with E-state index >= 15 is 0 Å². The van der Waals surface area contributed by atoms with E-state index in [1.807, 2.05) is 60.7 Å². The Labute approximate surface area is 154 Å². The van der Waals surface area contributed by atoms with E-state index in [1.165, 1.54) is 0 Å². The summed E-state index contributed by atoms with van der Waals surface area (Å²) < 4.78 is 10.7. The van der Waals surface area contributed by atoms with E-state index in [0.717, 1.165) is 11.1 Å². The molecule has 2 atom stereocenters. The molecule has 2 rings (SSSR count). The molecule has 0 aliphatic rings. The van der Waals surface area contributed by atoms with Crippen molar-refractivity contribution in [3.8, 4) is 0 Å². The van der Waals surface area contributed by atoms with Gasteiger partial charge in [0.1, 0.15) is 0 Å². The molecule has 2 unspecified atom stereocenters. The lowest BCUT2D eigenvalue weighted by Gasteiger charge is -2.20. The molecule has 5 nitrogen and oxygen atoms in total. The van der Waals surface area contributed by atoms with Crippen molar-refractivity contribution in [2.45, 2.75) is 25.6 Å². The number of hydrogen-bond acceptors (Lipinski definition) is 5. The summed E-state index contributed by atoms with van der Waals surface area (Å²) in [4.78, 5) is 11.8. The van der Waals surface area contributed by atoms with Crippen LogP contribution in [0.4, 0.5) is 0 Å². The largest absolute Gasteiger partial charge is 0.465 e. The lowest BCUT2D eigenvalue weighted by atomic mass is 10.1. The van der Waals surface area contributed by atoms with Crippen LogP contribution in [0.3, 0.4) is 0 Å². The highest BCUT2D eigenvalue weighted by atomic mass is 16.5. The lowest BCUT2D eigenvalue weighted by Crippen LogP contribution is -2.33. The van der Waals surface area contributed by atoms with E-state index in [2.05, 4.69) is 0 Å². The standard InChI is InChI=1S/C21H26O5/c22-13-19(20(23)16-25-14-18-9-5-2-6-10-18)15-26-21(24)12-11-17-7-3-1-4-8-17/h1-10,19-20,22-23H,11-16H2. The second-order valence-electron chi connectivity index (χ2n) is 6.18. The topological polar surface area (TPSA) is 76.0 Å². The van der Waals surface area contributed by atoms with Gasteiger partial charge in [-0.15, -0.1) is 0 Å². The zero-order chi connectivity index (χ0) is 18.6. The van der Waals surface area contributed by atoms with Crippen molar-refractivity contribution >= 4 is 5.97 Å². The second-order valence-corrected chi connectivity index (χ2v) is 6.18. The van der Waals surface area contributed by atoms with Gasteiger partial charge in [0.2, 0.25) is 0 Å². The molecule has 0 amide bonds. The molecule has 2 aromatic rings. The maximum atomic E-state index is 11.8. The van der Waals surface area contributed by atoms with Crippen molar-refractivity contribution in [1.29, 1.82) is 0 Å². The van der Waals surface area contributed by atoms with Gasteiger partial charge in [0.25, 0.3) is 0 Å². The minimum Gasteiger partial charge on any atom is -0.465 e. The molecule has 0 saturated heterocycles. The van der Waals surface area contributed by atoms with Crippen LogP contribution < -0.4 is 0 Å². The van der Waals surface area contributed by atoms with E-state index in [9.17, 15) is 15.0 Å². The highest BCUT2D eigenvalue weighted by Gasteiger charge is 2.20. The number of esters is 1. The van der Waals surface area contributed by atoms with Gasteiger partial charge in [0.15, 0.2) is 0 Å². The molecule has 0 spiro atoms. The molecule has 0 saturated carbocycles. The van der Waals surface area contributed by atoms with Crippen LogP contribution in [0.15, 0.2) is 60.7 Å². The van der Waals surface area contributed by atoms with Crippen LogP contribution in [-0.4, -0.2) is 42.1 Å². The Bertz CT molecular complexity index is 629. The van der Waals surface area contributed by atoms with Gasteiger partial charge in [-0.25, -0.2) is 0 Å². The van der Waals surface area contributed by atoms with E-state index in [0.29, 0.717) is 13.0 Å². The third-order valence-electron chi connectivity index (χ3n) is 4.10. The third-order valence-corrected chi connectivity index (χ3v) is 4.10. The summed E-state index contributed by atoms with van der Waals surface area (Å²) in [6.07, 6.45) is -0.0276. The number of carbonyl (C=O) groups is 1. The fraction of sp³-hybridized carbons (Fsp3) is 0.381. The zero-order valence-electron chi connectivity index (χ0n) is 14.8. The predicted octanol–water partition coefficient (Wildman–Crippen LogP) is 2.35. The first-order chi connectivity index (χ1) is 12.7. The number of aryl methyl sites for hydroxylation is 1. The number of hydrogen-bond donors (Lipinski definition) is 2. The summed E-state index contributed by atoms with van der Waals surface area (Å²) in [5, 5.41) is 19.6. The Morgan fingerprint density at radius 1 is 0.923 bits per heavy atom. The first kappa shape index (κ1) is 20.1. The van der Waals surface area contributed by atoms with Crippen molar-refractivity contribution in [3.63, 3.8) is 0 Å². The molecule has 0 aliphatic carbocycles. The van der Waals surface area contributed by atoms with Crippen molar-refractivity contribution in [2.24, 2.45) is 5.92 Å². The SMILES string of the molecule is O=C(CCc1ccccc1)OCC(CO)C(O)COCc1ccccc1. The van der Waals surface area contributed by atoms with Crippen LogP contribution in [-0.2, 0) is 27.3 Å². The highest BCUT2D eigenvalue weighted by Crippen LogP contribution is 2.09. The summed E-state index contributed by atoms with van der Waals surface area (Å²) in [5.74, 6) is -0.906. The molecule has 2 aromatic carbocycles. The first-order valence-electron chi connectivity index (χ1n) is 8.79. The molecule has 26 heavy (non-hydrogen) atoms. The smallest absolute Gasteiger partial charge is 0.306 e. The van der Waals surface area contributed by atoms with Gasteiger partial charge in [0.05, 0.1) is 32.5 Å². The quantitative estimate of drug-likeness (QED) is 0.603. The lowest BCUT2D eigenvalue weighted by molar-refractivity contribution is -0.147. The van der Waals surface area contributed by atoms with Crippen LogP contribution in [0, 0.1) is 5.92 Å². The normalized spacial score (nSPS) is 13.2. The highest BCUT2D eigenvalue weighted by molar-refractivity contribution is 5.69. The van der Waals surface area contributed by atoms with E-state index < -0.39 is 12.0 Å². The van der Waals surface area contributed by atoms with Crippen molar-refractivity contribution in [3.05, 3.63) is 71.8 Å². The number of carbonyl (C=O) groups excluding carboxylic acids is 1. The van der Waals surface area contributed by atoms with Crippen molar-refractivity contribution in [2.75, 3.05) is 19.8 Å². The second kappa shape index (κ2) is 11.4. The Morgan fingerprint density at radius 3 is 2.15 bits per heavy atom. The molecule has 0 radical (unpaired) electrons. The number of rotatable bonds is 11. The first-order valence-corrected chi connectivity index (χ1v) is 8.79. The monoisotopic (exact) mass is 358 g/mol. The zero-order valence-corrected chi connectivity index (χ0v) is 14.8.